The number of halogens is 2. The van der Waals surface area contributed by atoms with Crippen molar-refractivity contribution in [1.29, 1.82) is 0 Å². The van der Waals surface area contributed by atoms with Crippen LogP contribution >= 0.6 is 0 Å². The molecule has 1 unspecified atom stereocenters. The smallest absolute Gasteiger partial charge is 0.250 e. The highest BCUT2D eigenvalue weighted by Gasteiger charge is 2.36. The molecule has 33 heavy (non-hydrogen) atoms. The molecule has 3 heterocycles. The molecule has 168 valence electrons. The Morgan fingerprint density at radius 3 is 2.55 bits per heavy atom. The molecule has 9 heteroatoms. The van der Waals surface area contributed by atoms with E-state index in [9.17, 15) is 18.7 Å². The fourth-order valence-corrected chi connectivity index (χ4v) is 3.86. The number of furan rings is 1. The van der Waals surface area contributed by atoms with Gasteiger partial charge in [0.05, 0.1) is 18.2 Å². The molecular formula is C24H19F2N3O4. The molecule has 1 fully saturated rings. The molecule has 1 aliphatic heterocycles. The Morgan fingerprint density at radius 1 is 1.09 bits per heavy atom. The highest BCUT2D eigenvalue weighted by molar-refractivity contribution is 5.80. The van der Waals surface area contributed by atoms with Gasteiger partial charge >= 0.3 is 0 Å². The van der Waals surface area contributed by atoms with E-state index in [-0.39, 0.29) is 24.0 Å². The Morgan fingerprint density at radius 2 is 1.85 bits per heavy atom. The minimum absolute atomic E-state index is 0.0924. The van der Waals surface area contributed by atoms with Crippen molar-refractivity contribution in [2.75, 3.05) is 13.2 Å². The second-order valence-corrected chi connectivity index (χ2v) is 7.68. The molecule has 0 spiro atoms. The number of nitrogens with zero attached hydrogens (tertiary/aromatic N) is 3. The number of ether oxygens (including phenoxy) is 1. The summed E-state index contributed by atoms with van der Waals surface area (Å²) < 4.78 is 40.0. The quantitative estimate of drug-likeness (QED) is 0.475. The van der Waals surface area contributed by atoms with Crippen LogP contribution in [0.2, 0.25) is 0 Å². The first-order valence-corrected chi connectivity index (χ1v) is 10.3. The summed E-state index contributed by atoms with van der Waals surface area (Å²) in [5, 5.41) is 14.0. The second kappa shape index (κ2) is 8.51. The van der Waals surface area contributed by atoms with E-state index < -0.39 is 17.9 Å². The number of hydrogen-bond acceptors (Lipinski definition) is 5. The first kappa shape index (κ1) is 20.9. The van der Waals surface area contributed by atoms with Gasteiger partial charge < -0.3 is 19.2 Å². The van der Waals surface area contributed by atoms with Crippen LogP contribution < -0.4 is 0 Å². The van der Waals surface area contributed by atoms with Crippen molar-refractivity contribution in [3.05, 3.63) is 90.0 Å². The van der Waals surface area contributed by atoms with Gasteiger partial charge in [-0.15, -0.1) is 0 Å². The summed E-state index contributed by atoms with van der Waals surface area (Å²) in [6.45, 7) is 0.281. The second-order valence-electron chi connectivity index (χ2n) is 7.68. The highest BCUT2D eigenvalue weighted by atomic mass is 19.1. The fourth-order valence-electron chi connectivity index (χ4n) is 3.86. The van der Waals surface area contributed by atoms with Gasteiger partial charge in [-0.3, -0.25) is 4.79 Å². The number of benzene rings is 2. The molecule has 1 aliphatic rings. The van der Waals surface area contributed by atoms with Gasteiger partial charge in [0, 0.05) is 29.9 Å². The van der Waals surface area contributed by atoms with E-state index in [0.717, 1.165) is 11.6 Å². The molecule has 1 saturated heterocycles. The third-order valence-electron chi connectivity index (χ3n) is 5.46. The zero-order chi connectivity index (χ0) is 22.9. The summed E-state index contributed by atoms with van der Waals surface area (Å²) in [7, 11) is 0. The van der Waals surface area contributed by atoms with Gasteiger partial charge in [-0.2, -0.15) is 5.10 Å². The van der Waals surface area contributed by atoms with Gasteiger partial charge in [-0.05, 0) is 42.3 Å². The molecule has 1 N–H and O–H groups in total. The molecular weight excluding hydrogens is 432 g/mol. The lowest BCUT2D eigenvalue weighted by atomic mass is 10.1. The largest absolute Gasteiger partial charge is 0.508 e. The summed E-state index contributed by atoms with van der Waals surface area (Å²) in [6.07, 6.45) is 4.42. The monoisotopic (exact) mass is 451 g/mol. The number of amides is 1. The average Bonchev–Trinajstić information content (AvgIpc) is 3.52. The third-order valence-corrected chi connectivity index (χ3v) is 5.46. The van der Waals surface area contributed by atoms with E-state index in [2.05, 4.69) is 5.10 Å². The Kier molecular flexibility index (Phi) is 5.39. The zero-order valence-corrected chi connectivity index (χ0v) is 17.3. The number of aromatic hydroxyl groups is 1. The lowest BCUT2D eigenvalue weighted by molar-refractivity contribution is -0.128. The van der Waals surface area contributed by atoms with Crippen molar-refractivity contribution in [3.63, 3.8) is 0 Å². The molecule has 2 aromatic carbocycles. The zero-order valence-electron chi connectivity index (χ0n) is 17.3. The van der Waals surface area contributed by atoms with Crippen LogP contribution in [0.1, 0.15) is 17.4 Å². The predicted molar refractivity (Wildman–Crippen MR) is 113 cm³/mol. The van der Waals surface area contributed by atoms with Crippen LogP contribution in [0.25, 0.3) is 16.9 Å². The molecule has 0 aliphatic carbocycles. The molecule has 4 aromatic rings. The first-order chi connectivity index (χ1) is 16.0. The summed E-state index contributed by atoms with van der Waals surface area (Å²) >= 11 is 0. The maximum Gasteiger partial charge on any atom is 0.250 e. The minimum atomic E-state index is -0.730. The Balaban J connectivity index is 1.50. The van der Waals surface area contributed by atoms with E-state index in [1.54, 1.807) is 41.4 Å². The summed E-state index contributed by atoms with van der Waals surface area (Å²) in [5.41, 5.74) is 2.83. The number of hydrogen-bond donors (Lipinski definition) is 1. The molecule has 5 rings (SSSR count). The van der Waals surface area contributed by atoms with Crippen LogP contribution in [0.15, 0.2) is 71.7 Å². The summed E-state index contributed by atoms with van der Waals surface area (Å²) in [5.74, 6) is -1.46. The van der Waals surface area contributed by atoms with Crippen molar-refractivity contribution >= 4 is 5.91 Å². The van der Waals surface area contributed by atoms with Crippen molar-refractivity contribution in [2.45, 2.75) is 12.6 Å². The maximum absolute atomic E-state index is 13.8. The first-order valence-electron chi connectivity index (χ1n) is 10.3. The van der Waals surface area contributed by atoms with Crippen molar-refractivity contribution in [1.82, 2.24) is 14.7 Å². The van der Waals surface area contributed by atoms with Crippen LogP contribution in [0.5, 0.6) is 5.75 Å². The number of aromatic nitrogens is 2. The molecule has 0 saturated carbocycles. The SMILES string of the molecule is O=C1COC(c2cn(-c3cc(F)cc(F)c3)nc2-c2ccoc2)N1CCc1ccc(O)cc1. The van der Waals surface area contributed by atoms with Crippen molar-refractivity contribution < 1.29 is 27.8 Å². The number of carbonyl (C=O) groups excluding carboxylic acids is 1. The Hall–Kier alpha value is -3.98. The number of rotatable bonds is 6. The number of phenolic OH excluding ortho intramolecular Hbond substituents is 1. The lowest BCUT2D eigenvalue weighted by Crippen LogP contribution is -2.30. The molecule has 7 nitrogen and oxygen atoms in total. The fraction of sp³-hybridized carbons (Fsp3) is 0.167. The minimum Gasteiger partial charge on any atom is -0.508 e. The molecule has 1 amide bonds. The standard InChI is InChI=1S/C24H19F2N3O4/c25-17-9-18(26)11-19(10-17)29-12-21(23(27-29)16-6-8-32-13-16)24-28(22(31)14-33-24)7-5-15-1-3-20(30)4-2-15/h1-4,6,8-13,24,30H,5,7,14H2. The van der Waals surface area contributed by atoms with Gasteiger partial charge in [-0.1, -0.05) is 12.1 Å². The van der Waals surface area contributed by atoms with Crippen LogP contribution in [0, 0.1) is 11.6 Å². The number of carbonyl (C=O) groups is 1. The van der Waals surface area contributed by atoms with E-state index in [4.69, 9.17) is 9.15 Å². The van der Waals surface area contributed by atoms with Gasteiger partial charge in [0.25, 0.3) is 5.91 Å². The van der Waals surface area contributed by atoms with Crippen LogP contribution in [0.3, 0.4) is 0 Å². The van der Waals surface area contributed by atoms with Gasteiger partial charge in [0.2, 0.25) is 0 Å². The third kappa shape index (κ3) is 4.22. The Labute approximate surface area is 187 Å². The van der Waals surface area contributed by atoms with E-state index >= 15 is 0 Å². The molecule has 1 atom stereocenters. The van der Waals surface area contributed by atoms with E-state index in [1.807, 2.05) is 0 Å². The van der Waals surface area contributed by atoms with Crippen LogP contribution in [-0.4, -0.2) is 38.8 Å². The summed E-state index contributed by atoms with van der Waals surface area (Å²) in [4.78, 5) is 14.2. The van der Waals surface area contributed by atoms with Crippen molar-refractivity contribution in [2.24, 2.45) is 0 Å². The molecule has 0 radical (unpaired) electrons. The summed E-state index contributed by atoms with van der Waals surface area (Å²) in [6, 6.07) is 11.6. The lowest BCUT2D eigenvalue weighted by Gasteiger charge is -2.23. The molecule has 2 aromatic heterocycles. The average molecular weight is 451 g/mol. The van der Waals surface area contributed by atoms with Gasteiger partial charge in [0.1, 0.15) is 29.7 Å². The van der Waals surface area contributed by atoms with Crippen LogP contribution in [-0.2, 0) is 16.0 Å². The number of phenols is 1. The predicted octanol–water partition coefficient (Wildman–Crippen LogP) is 4.22. The van der Waals surface area contributed by atoms with E-state index in [1.165, 1.54) is 29.3 Å². The molecule has 0 bridgehead atoms. The van der Waals surface area contributed by atoms with Gasteiger partial charge in [-0.25, -0.2) is 13.5 Å². The van der Waals surface area contributed by atoms with E-state index in [0.29, 0.717) is 29.8 Å². The normalized spacial score (nSPS) is 16.0. The maximum atomic E-state index is 13.8. The highest BCUT2D eigenvalue weighted by Crippen LogP contribution is 2.35. The Bertz CT molecular complexity index is 1270. The van der Waals surface area contributed by atoms with Crippen LogP contribution in [0.4, 0.5) is 8.78 Å². The topological polar surface area (TPSA) is 80.7 Å². The van der Waals surface area contributed by atoms with Gasteiger partial charge in [0.15, 0.2) is 6.23 Å². The van der Waals surface area contributed by atoms with Crippen molar-refractivity contribution in [3.8, 4) is 22.7 Å².